The van der Waals surface area contributed by atoms with Crippen molar-refractivity contribution in [3.05, 3.63) is 5.82 Å². The minimum absolute atomic E-state index is 0.00497. The van der Waals surface area contributed by atoms with Gasteiger partial charge >= 0.3 is 5.97 Å². The fourth-order valence-electron chi connectivity index (χ4n) is 17.8. The number of piperidine rings is 4. The molecule has 5 heterocycles. The van der Waals surface area contributed by atoms with E-state index < -0.39 is 5.60 Å². The molecule has 4 aliphatic heterocycles. The van der Waals surface area contributed by atoms with Crippen LogP contribution in [0.3, 0.4) is 0 Å². The van der Waals surface area contributed by atoms with Crippen molar-refractivity contribution in [3.8, 4) is 0 Å². The molecule has 1 N–H and O–H groups in total. The third-order valence-corrected chi connectivity index (χ3v) is 21.5. The summed E-state index contributed by atoms with van der Waals surface area (Å²) in [6, 6.07) is 1.08. The van der Waals surface area contributed by atoms with Crippen LogP contribution in [0.4, 0.5) is 11.9 Å². The Bertz CT molecular complexity index is 2340. The van der Waals surface area contributed by atoms with Gasteiger partial charge in [0.2, 0.25) is 11.9 Å². The number of aryl methyl sites for hydroxylation is 1. The van der Waals surface area contributed by atoms with Crippen molar-refractivity contribution in [1.29, 1.82) is 0 Å². The summed E-state index contributed by atoms with van der Waals surface area (Å²) in [7, 11) is 2.34. The number of aromatic nitrogens is 3. The fraction of sp³-hybridized carbons (Fsp3) is 0.951. The van der Waals surface area contributed by atoms with Gasteiger partial charge in [0.1, 0.15) is 11.9 Å². The van der Waals surface area contributed by atoms with Crippen LogP contribution in [-0.4, -0.2) is 178 Å². The van der Waals surface area contributed by atoms with Crippen LogP contribution in [0.5, 0.6) is 0 Å². The molecule has 0 atom stereocenters. The SMILES string of the molecule is CCCCCCCCCCCCCCCCCC(=O)OC1CC(C)(C)N(OCC(C)(C)O)C(C)(C)C1.CCCCN(c1nc(C)nc(N(CCCCCCN(C)C2CC(C)(C)N(OCCC)C(C)(C)C2)C2CC(C)(C)N(OCCC)C(C)(C)C2)n1)C1CC(C)(C)N(OCCC)C(C)(C)C1. The van der Waals surface area contributed by atoms with E-state index in [9.17, 15) is 9.90 Å². The number of hydroxylamine groups is 8. The van der Waals surface area contributed by atoms with Gasteiger partial charge in [0.15, 0.2) is 0 Å². The Balaban J connectivity index is 0.000000491. The largest absolute Gasteiger partial charge is 0.462 e. The third kappa shape index (κ3) is 29.2. The normalized spacial score (nSPS) is 21.4. The molecular formula is C82H160N10O7. The predicted octanol–water partition coefficient (Wildman–Crippen LogP) is 19.7. The fourth-order valence-corrected chi connectivity index (χ4v) is 17.8. The highest BCUT2D eigenvalue weighted by Crippen LogP contribution is 2.46. The molecule has 0 saturated carbocycles. The first kappa shape index (κ1) is 89.1. The Morgan fingerprint density at radius 2 is 0.717 bits per heavy atom. The average molecular weight is 1400 g/mol. The molecule has 0 radical (unpaired) electrons. The topological polar surface area (TPSA) is 145 Å². The zero-order valence-corrected chi connectivity index (χ0v) is 69.5. The second kappa shape index (κ2) is 41.0. The standard InChI is InChI=1S/C51H99N9O3.C31H61NO4/c1-19-23-29-56(42-36-48(10,11)59(62-32-21-3)49(12,13)37-42)44-52-40(5)53-45(54-44)57(43-38-50(14,15)60(63-33-22-4)51(16,17)39-43)30-27-25-24-26-28-55(18)41-34-46(6,7)58(61-31-20-2)47(8,9)35-41;1-8-9-10-11-12-13-14-15-16-17-18-19-20-21-22-23-28(33)36-27-24-29(2,3)32(30(4,5)25-27)35-26-31(6,7)34/h41-43H,19-39H2,1-18H3;27,34H,8-26H2,1-7H3. The zero-order valence-electron chi connectivity index (χ0n) is 69.5. The molecule has 5 rings (SSSR count). The minimum atomic E-state index is -0.886. The van der Waals surface area contributed by atoms with Crippen molar-refractivity contribution in [2.75, 3.05) is 62.9 Å². The molecule has 0 amide bonds. The molecular weight excluding hydrogens is 1240 g/mol. The van der Waals surface area contributed by atoms with E-state index in [-0.39, 0.29) is 75.1 Å². The van der Waals surface area contributed by atoms with Gasteiger partial charge in [0.05, 0.1) is 32.0 Å². The Morgan fingerprint density at radius 1 is 0.414 bits per heavy atom. The number of ether oxygens (including phenoxy) is 1. The van der Waals surface area contributed by atoms with Gasteiger partial charge in [-0.15, -0.1) is 0 Å². The average Bonchev–Trinajstić information content (AvgIpc) is 0.779. The molecule has 0 spiro atoms. The molecule has 4 saturated heterocycles. The van der Waals surface area contributed by atoms with Gasteiger partial charge in [-0.25, -0.2) is 0 Å². The molecule has 580 valence electrons. The molecule has 0 unspecified atom stereocenters. The lowest BCUT2D eigenvalue weighted by Gasteiger charge is -2.56. The summed E-state index contributed by atoms with van der Waals surface area (Å²) in [5, 5.41) is 19.0. The van der Waals surface area contributed by atoms with E-state index in [2.05, 4.69) is 189 Å². The number of anilines is 2. The van der Waals surface area contributed by atoms with Gasteiger partial charge in [0, 0.05) is 94.8 Å². The predicted molar refractivity (Wildman–Crippen MR) is 414 cm³/mol. The summed E-state index contributed by atoms with van der Waals surface area (Å²) in [4.78, 5) is 61.5. The molecule has 0 bridgehead atoms. The second-order valence-corrected chi connectivity index (χ2v) is 36.8. The van der Waals surface area contributed by atoms with Crippen LogP contribution in [-0.2, 0) is 28.9 Å². The van der Waals surface area contributed by atoms with Crippen LogP contribution in [0.2, 0.25) is 0 Å². The van der Waals surface area contributed by atoms with E-state index in [0.29, 0.717) is 12.5 Å². The summed E-state index contributed by atoms with van der Waals surface area (Å²) in [6.07, 6.45) is 37.8. The van der Waals surface area contributed by atoms with Crippen LogP contribution in [0.15, 0.2) is 0 Å². The highest BCUT2D eigenvalue weighted by atomic mass is 16.7. The Kier molecular flexibility index (Phi) is 36.9. The zero-order chi connectivity index (χ0) is 74.1. The van der Waals surface area contributed by atoms with Gasteiger partial charge in [-0.2, -0.15) is 35.2 Å². The highest BCUT2D eigenvalue weighted by molar-refractivity contribution is 5.69. The maximum Gasteiger partial charge on any atom is 0.306 e. The summed E-state index contributed by atoms with van der Waals surface area (Å²) >= 11 is 0. The number of carbonyl (C=O) groups is 1. The van der Waals surface area contributed by atoms with E-state index in [1.54, 1.807) is 13.8 Å². The Hall–Kier alpha value is -2.32. The number of hydrogen-bond donors (Lipinski definition) is 1. The number of aliphatic hydroxyl groups is 1. The van der Waals surface area contributed by atoms with Crippen molar-refractivity contribution >= 4 is 17.9 Å². The van der Waals surface area contributed by atoms with Gasteiger partial charge in [-0.3, -0.25) is 24.1 Å². The molecule has 0 aliphatic carbocycles. The molecule has 0 aromatic carbocycles. The number of nitrogens with zero attached hydrogens (tertiary/aromatic N) is 10. The van der Waals surface area contributed by atoms with Gasteiger partial charge in [0.25, 0.3) is 0 Å². The summed E-state index contributed by atoms with van der Waals surface area (Å²) in [5.41, 5.74) is -2.07. The van der Waals surface area contributed by atoms with E-state index in [1.807, 2.05) is 5.06 Å². The number of hydrogen-bond acceptors (Lipinski definition) is 17. The number of unbranched alkanes of at least 4 members (excludes halogenated alkanes) is 18. The highest BCUT2D eigenvalue weighted by Gasteiger charge is 2.52. The van der Waals surface area contributed by atoms with E-state index in [1.165, 1.54) is 103 Å². The Labute approximate surface area is 610 Å². The van der Waals surface area contributed by atoms with Crippen LogP contribution in [0, 0.1) is 6.92 Å². The number of carbonyl (C=O) groups excluding carboxylic acids is 1. The maximum atomic E-state index is 12.5. The van der Waals surface area contributed by atoms with Crippen molar-refractivity contribution < 1.29 is 34.0 Å². The second-order valence-electron chi connectivity index (χ2n) is 36.8. The summed E-state index contributed by atoms with van der Waals surface area (Å²) in [6.45, 7) is 58.8. The van der Waals surface area contributed by atoms with Crippen LogP contribution < -0.4 is 9.80 Å². The molecule has 4 fully saturated rings. The van der Waals surface area contributed by atoms with Crippen molar-refractivity contribution in [1.82, 2.24) is 40.1 Å². The minimum Gasteiger partial charge on any atom is -0.462 e. The van der Waals surface area contributed by atoms with Gasteiger partial charge in [-0.05, 0) is 229 Å². The monoisotopic (exact) mass is 1400 g/mol. The first-order valence-electron chi connectivity index (χ1n) is 40.8. The first-order chi connectivity index (χ1) is 46.2. The van der Waals surface area contributed by atoms with Gasteiger partial charge in [-0.1, -0.05) is 144 Å². The number of rotatable bonds is 44. The lowest BCUT2D eigenvalue weighted by Crippen LogP contribution is -2.64. The maximum absolute atomic E-state index is 12.5. The van der Waals surface area contributed by atoms with Crippen LogP contribution in [0.1, 0.15) is 377 Å². The molecule has 17 heteroatoms. The molecule has 4 aliphatic rings. The molecule has 1 aromatic heterocycles. The van der Waals surface area contributed by atoms with Crippen LogP contribution >= 0.6 is 0 Å². The molecule has 1 aromatic rings. The van der Waals surface area contributed by atoms with Crippen LogP contribution in [0.25, 0.3) is 0 Å². The lowest BCUT2D eigenvalue weighted by atomic mass is 9.78. The first-order valence-corrected chi connectivity index (χ1v) is 40.8. The van der Waals surface area contributed by atoms with E-state index >= 15 is 0 Å². The Morgan fingerprint density at radius 3 is 1.07 bits per heavy atom. The van der Waals surface area contributed by atoms with E-state index in [0.717, 1.165) is 160 Å². The molecule has 99 heavy (non-hydrogen) atoms. The van der Waals surface area contributed by atoms with E-state index in [4.69, 9.17) is 39.0 Å². The summed E-state index contributed by atoms with van der Waals surface area (Å²) in [5.74, 6) is 2.39. The lowest BCUT2D eigenvalue weighted by molar-refractivity contribution is -0.306. The number of esters is 1. The molecule has 17 nitrogen and oxygen atoms in total. The quantitative estimate of drug-likeness (QED) is 0.0488. The summed E-state index contributed by atoms with van der Waals surface area (Å²) < 4.78 is 5.90. The van der Waals surface area contributed by atoms with Crippen molar-refractivity contribution in [2.45, 2.75) is 452 Å². The van der Waals surface area contributed by atoms with Gasteiger partial charge < -0.3 is 24.5 Å². The van der Waals surface area contributed by atoms with Crippen molar-refractivity contribution in [2.24, 2.45) is 0 Å². The smallest absolute Gasteiger partial charge is 0.306 e. The third-order valence-electron chi connectivity index (χ3n) is 21.5. The van der Waals surface area contributed by atoms with Crippen molar-refractivity contribution in [3.63, 3.8) is 0 Å².